The van der Waals surface area contributed by atoms with Gasteiger partial charge in [0, 0.05) is 17.0 Å². The van der Waals surface area contributed by atoms with Crippen molar-refractivity contribution in [1.29, 1.82) is 0 Å². The minimum Gasteiger partial charge on any atom is -0.497 e. The van der Waals surface area contributed by atoms with E-state index in [1.807, 2.05) is 23.5 Å². The van der Waals surface area contributed by atoms with E-state index >= 15 is 0 Å². The average molecular weight is 421 g/mol. The number of rotatable bonds is 5. The minimum atomic E-state index is 0.0190. The third-order valence-electron chi connectivity index (χ3n) is 5.03. The lowest BCUT2D eigenvalue weighted by Crippen LogP contribution is -2.15. The van der Waals surface area contributed by atoms with E-state index in [1.54, 1.807) is 31.4 Å². The molecule has 30 heavy (non-hydrogen) atoms. The maximum Gasteiger partial charge on any atom is 0.196 e. The van der Waals surface area contributed by atoms with E-state index in [0.717, 1.165) is 33.6 Å². The summed E-state index contributed by atoms with van der Waals surface area (Å²) in [7, 11) is 1.60. The Morgan fingerprint density at radius 3 is 2.57 bits per heavy atom. The van der Waals surface area contributed by atoms with Crippen molar-refractivity contribution in [3.63, 3.8) is 0 Å². The molecule has 0 saturated heterocycles. The first-order chi connectivity index (χ1) is 14.6. The zero-order valence-corrected chi connectivity index (χ0v) is 17.4. The summed E-state index contributed by atoms with van der Waals surface area (Å²) >= 11 is 1.37. The molecule has 2 aromatic heterocycles. The average Bonchev–Trinajstić information content (AvgIpc) is 3.21. The van der Waals surface area contributed by atoms with Gasteiger partial charge in [-0.15, -0.1) is 10.2 Å². The van der Waals surface area contributed by atoms with Gasteiger partial charge in [-0.1, -0.05) is 11.8 Å². The van der Waals surface area contributed by atoms with Crippen LogP contribution in [0.2, 0.25) is 0 Å². The number of ether oxygens (including phenoxy) is 3. The van der Waals surface area contributed by atoms with Crippen molar-refractivity contribution in [2.75, 3.05) is 26.1 Å². The highest BCUT2D eigenvalue weighted by molar-refractivity contribution is 7.99. The number of thioether (sulfide) groups is 1. The fourth-order valence-corrected chi connectivity index (χ4v) is 4.37. The third kappa shape index (κ3) is 3.23. The quantitative estimate of drug-likeness (QED) is 0.357. The summed E-state index contributed by atoms with van der Waals surface area (Å²) in [6.07, 6.45) is 0. The van der Waals surface area contributed by atoms with Gasteiger partial charge >= 0.3 is 0 Å². The molecule has 0 unspecified atom stereocenters. The molecule has 4 aromatic rings. The van der Waals surface area contributed by atoms with Crippen molar-refractivity contribution in [3.8, 4) is 17.2 Å². The molecule has 0 bridgehead atoms. The summed E-state index contributed by atoms with van der Waals surface area (Å²) in [5.74, 6) is 2.44. The monoisotopic (exact) mass is 421 g/mol. The third-order valence-corrected chi connectivity index (χ3v) is 5.96. The molecule has 1 aliphatic rings. The molecule has 0 N–H and O–H groups in total. The normalized spacial score (nSPS) is 13.0. The van der Waals surface area contributed by atoms with Crippen LogP contribution in [0.4, 0.5) is 0 Å². The van der Waals surface area contributed by atoms with Gasteiger partial charge in [-0.2, -0.15) is 0 Å². The first kappa shape index (κ1) is 18.7. The number of benzene rings is 2. The minimum absolute atomic E-state index is 0.0190. The summed E-state index contributed by atoms with van der Waals surface area (Å²) in [5, 5.41) is 10.4. The van der Waals surface area contributed by atoms with Crippen LogP contribution >= 0.6 is 11.8 Å². The predicted molar refractivity (Wildman–Crippen MR) is 114 cm³/mol. The molecule has 0 aliphatic carbocycles. The zero-order chi connectivity index (χ0) is 20.7. The highest BCUT2D eigenvalue weighted by atomic mass is 32.2. The first-order valence-electron chi connectivity index (χ1n) is 9.52. The van der Waals surface area contributed by atoms with Gasteiger partial charge < -0.3 is 14.2 Å². The Hall–Kier alpha value is -3.26. The van der Waals surface area contributed by atoms with Gasteiger partial charge in [0.05, 0.1) is 18.4 Å². The molecule has 0 amide bonds. The summed E-state index contributed by atoms with van der Waals surface area (Å²) in [4.78, 5) is 12.6. The zero-order valence-electron chi connectivity index (χ0n) is 16.5. The second-order valence-electron chi connectivity index (χ2n) is 6.96. The first-order valence-corrected chi connectivity index (χ1v) is 10.5. The molecule has 7 nitrogen and oxygen atoms in total. The molecule has 0 fully saturated rings. The summed E-state index contributed by atoms with van der Waals surface area (Å²) in [6.45, 7) is 3.06. The van der Waals surface area contributed by atoms with Crippen molar-refractivity contribution in [2.24, 2.45) is 0 Å². The number of aromatic nitrogens is 3. The second-order valence-corrected chi connectivity index (χ2v) is 7.91. The van der Waals surface area contributed by atoms with Crippen molar-refractivity contribution < 1.29 is 19.0 Å². The Balaban J connectivity index is 1.50. The smallest absolute Gasteiger partial charge is 0.196 e. The van der Waals surface area contributed by atoms with Crippen LogP contribution in [0.1, 0.15) is 15.9 Å². The van der Waals surface area contributed by atoms with Crippen LogP contribution < -0.4 is 14.2 Å². The summed E-state index contributed by atoms with van der Waals surface area (Å²) < 4.78 is 18.6. The van der Waals surface area contributed by atoms with E-state index in [4.69, 9.17) is 14.2 Å². The van der Waals surface area contributed by atoms with Crippen LogP contribution in [0.3, 0.4) is 0 Å². The molecule has 0 atom stereocenters. The molecular formula is C22H19N3O4S. The molecular weight excluding hydrogens is 402 g/mol. The van der Waals surface area contributed by atoms with E-state index in [1.165, 1.54) is 11.8 Å². The predicted octanol–water partition coefficient (Wildman–Crippen LogP) is 3.95. The number of nitrogens with zero attached hydrogens (tertiary/aromatic N) is 3. The Morgan fingerprint density at radius 1 is 1.10 bits per heavy atom. The lowest BCUT2D eigenvalue weighted by Gasteiger charge is -2.19. The van der Waals surface area contributed by atoms with Crippen molar-refractivity contribution in [3.05, 3.63) is 53.6 Å². The fourth-order valence-electron chi connectivity index (χ4n) is 3.53. The fraction of sp³-hybridized carbons (Fsp3) is 0.227. The van der Waals surface area contributed by atoms with Crippen molar-refractivity contribution in [1.82, 2.24) is 14.6 Å². The molecule has 1 aliphatic heterocycles. The van der Waals surface area contributed by atoms with E-state index < -0.39 is 0 Å². The Labute approximate surface area is 177 Å². The van der Waals surface area contributed by atoms with Gasteiger partial charge in [-0.25, -0.2) is 0 Å². The van der Waals surface area contributed by atoms with E-state index in [2.05, 4.69) is 16.3 Å². The summed E-state index contributed by atoms with van der Waals surface area (Å²) in [6, 6.07) is 13.1. The van der Waals surface area contributed by atoms with Crippen LogP contribution in [-0.2, 0) is 0 Å². The lowest BCUT2D eigenvalue weighted by molar-refractivity contribution is 0.102. The molecule has 3 heterocycles. The van der Waals surface area contributed by atoms with E-state index in [9.17, 15) is 4.79 Å². The maximum atomic E-state index is 12.6. The highest BCUT2D eigenvalue weighted by Gasteiger charge is 2.18. The van der Waals surface area contributed by atoms with Crippen molar-refractivity contribution in [2.45, 2.75) is 12.1 Å². The number of hydrogen-bond acceptors (Lipinski definition) is 7. The van der Waals surface area contributed by atoms with E-state index in [-0.39, 0.29) is 11.5 Å². The Morgan fingerprint density at radius 2 is 1.83 bits per heavy atom. The number of methoxy groups -OCH3 is 1. The molecule has 2 aromatic carbocycles. The maximum absolute atomic E-state index is 12.6. The van der Waals surface area contributed by atoms with Gasteiger partial charge in [-0.3, -0.25) is 9.20 Å². The van der Waals surface area contributed by atoms with Crippen LogP contribution in [0.15, 0.2) is 47.6 Å². The van der Waals surface area contributed by atoms with Gasteiger partial charge in [-0.05, 0) is 48.9 Å². The van der Waals surface area contributed by atoms with Gasteiger partial charge in [0.2, 0.25) is 0 Å². The molecule has 8 heteroatoms. The number of Topliss-reactive ketones (excluding diaryl/α,β-unsaturated/α-hetero) is 1. The van der Waals surface area contributed by atoms with Crippen LogP contribution in [0.25, 0.3) is 16.6 Å². The second kappa shape index (κ2) is 7.53. The highest BCUT2D eigenvalue weighted by Crippen LogP contribution is 2.36. The number of aryl methyl sites for hydroxylation is 1. The number of pyridine rings is 1. The van der Waals surface area contributed by atoms with Crippen molar-refractivity contribution >= 4 is 34.1 Å². The number of carbonyl (C=O) groups is 1. The van der Waals surface area contributed by atoms with Crippen LogP contribution in [0, 0.1) is 6.92 Å². The Bertz CT molecular complexity index is 1270. The number of carbonyl (C=O) groups excluding carboxylic acids is 1. The molecule has 0 radical (unpaired) electrons. The SMILES string of the molecule is COc1ccc(C(=O)CSc2nnc3c(C)cc4cc5c(cc4n23)OCCO5)cc1. The standard InChI is InChI=1S/C22H19N3O4S/c1-13-9-15-10-19-20(29-8-7-28-19)11-17(15)25-21(13)23-24-22(25)30-12-18(26)14-3-5-16(27-2)6-4-14/h3-6,9-11H,7-8,12H2,1-2H3. The van der Waals surface area contributed by atoms with Gasteiger partial charge in [0.15, 0.2) is 28.1 Å². The van der Waals surface area contributed by atoms with Gasteiger partial charge in [0.1, 0.15) is 19.0 Å². The number of ketones is 1. The molecule has 5 rings (SSSR count). The topological polar surface area (TPSA) is 75.0 Å². The number of fused-ring (bicyclic) bond motifs is 4. The molecule has 0 spiro atoms. The molecule has 152 valence electrons. The lowest BCUT2D eigenvalue weighted by atomic mass is 10.1. The summed E-state index contributed by atoms with van der Waals surface area (Å²) in [5.41, 5.74) is 3.32. The molecule has 0 saturated carbocycles. The van der Waals surface area contributed by atoms with Crippen LogP contribution in [0.5, 0.6) is 17.2 Å². The largest absolute Gasteiger partial charge is 0.497 e. The van der Waals surface area contributed by atoms with Gasteiger partial charge in [0.25, 0.3) is 0 Å². The van der Waals surface area contributed by atoms with E-state index in [0.29, 0.717) is 29.7 Å². The Kier molecular flexibility index (Phi) is 4.71. The number of hydrogen-bond donors (Lipinski definition) is 0. The van der Waals surface area contributed by atoms with Crippen LogP contribution in [-0.4, -0.2) is 46.5 Å².